The third kappa shape index (κ3) is 1.50. The van der Waals surface area contributed by atoms with Crippen molar-refractivity contribution in [1.82, 2.24) is 0 Å². The molecule has 56 valence electrons. The van der Waals surface area contributed by atoms with E-state index in [2.05, 4.69) is 0 Å². The predicted octanol–water partition coefficient (Wildman–Crippen LogP) is 0.892. The molecule has 1 atom stereocenters. The first-order valence-corrected chi connectivity index (χ1v) is 3.32. The fourth-order valence-corrected chi connectivity index (χ4v) is 0.796. The Morgan fingerprint density at radius 3 is 2.70 bits per heavy atom. The van der Waals surface area contributed by atoms with E-state index < -0.39 is 0 Å². The molecule has 0 radical (unpaired) electrons. The van der Waals surface area contributed by atoms with Crippen molar-refractivity contribution in [3.05, 3.63) is 23.1 Å². The Morgan fingerprint density at radius 1 is 1.60 bits per heavy atom. The first-order chi connectivity index (χ1) is 4.74. The van der Waals surface area contributed by atoms with Crippen LogP contribution in [0, 0.1) is 0 Å². The van der Waals surface area contributed by atoms with Gasteiger partial charge in [0.25, 0.3) is 0 Å². The Balaban J connectivity index is 2.74. The number of halogens is 1. The first kappa shape index (κ1) is 7.60. The van der Waals surface area contributed by atoms with Gasteiger partial charge in [0.15, 0.2) is 5.22 Å². The van der Waals surface area contributed by atoms with Crippen LogP contribution in [0.1, 0.15) is 11.8 Å². The van der Waals surface area contributed by atoms with Gasteiger partial charge >= 0.3 is 0 Å². The molecule has 1 rings (SSSR count). The molecule has 0 bridgehead atoms. The summed E-state index contributed by atoms with van der Waals surface area (Å²) in [4.78, 5) is 0. The van der Waals surface area contributed by atoms with Gasteiger partial charge in [-0.25, -0.2) is 0 Å². The molecule has 0 spiro atoms. The number of hydrogen-bond donors (Lipinski definition) is 2. The van der Waals surface area contributed by atoms with Crippen molar-refractivity contribution in [2.45, 2.75) is 6.04 Å². The molecule has 0 amide bonds. The van der Waals surface area contributed by atoms with Crippen molar-refractivity contribution < 1.29 is 4.42 Å². The topological polar surface area (TPSA) is 65.2 Å². The molecule has 1 aromatic heterocycles. The summed E-state index contributed by atoms with van der Waals surface area (Å²) in [6.45, 7) is 0.365. The molecule has 4 heteroatoms. The molecule has 0 saturated carbocycles. The Hall–Kier alpha value is -0.510. The number of furan rings is 1. The molecule has 0 fully saturated rings. The Bertz CT molecular complexity index is 211. The SMILES string of the molecule is NC[C@H](N)c1ccc(Cl)o1. The van der Waals surface area contributed by atoms with Crippen LogP contribution < -0.4 is 11.5 Å². The monoisotopic (exact) mass is 160 g/mol. The van der Waals surface area contributed by atoms with Crippen molar-refractivity contribution >= 4 is 11.6 Å². The highest BCUT2D eigenvalue weighted by Gasteiger charge is 2.06. The van der Waals surface area contributed by atoms with Crippen molar-refractivity contribution in [2.75, 3.05) is 6.54 Å². The lowest BCUT2D eigenvalue weighted by Gasteiger charge is -2.02. The minimum Gasteiger partial charge on any atom is -0.448 e. The van der Waals surface area contributed by atoms with Crippen LogP contribution in [0.15, 0.2) is 16.5 Å². The van der Waals surface area contributed by atoms with E-state index in [4.69, 9.17) is 27.5 Å². The minimum atomic E-state index is -0.243. The third-order valence-electron chi connectivity index (χ3n) is 1.21. The summed E-state index contributed by atoms with van der Waals surface area (Å²) in [6.07, 6.45) is 0. The van der Waals surface area contributed by atoms with E-state index in [0.29, 0.717) is 17.5 Å². The van der Waals surface area contributed by atoms with Crippen LogP contribution in [0.5, 0.6) is 0 Å². The smallest absolute Gasteiger partial charge is 0.193 e. The van der Waals surface area contributed by atoms with Crippen LogP contribution in [0.25, 0.3) is 0 Å². The van der Waals surface area contributed by atoms with Crippen molar-refractivity contribution in [3.8, 4) is 0 Å². The molecule has 3 nitrogen and oxygen atoms in total. The Morgan fingerprint density at radius 2 is 2.30 bits per heavy atom. The van der Waals surface area contributed by atoms with Crippen LogP contribution in [-0.2, 0) is 0 Å². The highest BCUT2D eigenvalue weighted by Crippen LogP contribution is 2.17. The van der Waals surface area contributed by atoms with Gasteiger partial charge in [0.05, 0.1) is 6.04 Å². The van der Waals surface area contributed by atoms with Gasteiger partial charge in [-0.1, -0.05) is 0 Å². The van der Waals surface area contributed by atoms with E-state index in [0.717, 1.165) is 0 Å². The molecule has 1 heterocycles. The molecule has 0 aliphatic rings. The lowest BCUT2D eigenvalue weighted by molar-refractivity contribution is 0.471. The molecular weight excluding hydrogens is 152 g/mol. The van der Waals surface area contributed by atoms with Crippen molar-refractivity contribution in [1.29, 1.82) is 0 Å². The summed E-state index contributed by atoms with van der Waals surface area (Å²) < 4.78 is 5.00. The molecular formula is C6H9ClN2O. The average Bonchev–Trinajstić information content (AvgIpc) is 2.34. The Kier molecular flexibility index (Phi) is 2.32. The highest BCUT2D eigenvalue weighted by atomic mass is 35.5. The van der Waals surface area contributed by atoms with Crippen LogP contribution in [0.3, 0.4) is 0 Å². The fourth-order valence-electron chi connectivity index (χ4n) is 0.644. The van der Waals surface area contributed by atoms with E-state index in [1.165, 1.54) is 0 Å². The lowest BCUT2D eigenvalue weighted by Crippen LogP contribution is -2.19. The zero-order chi connectivity index (χ0) is 7.56. The molecule has 1 aromatic rings. The fraction of sp³-hybridized carbons (Fsp3) is 0.333. The summed E-state index contributed by atoms with van der Waals surface area (Å²) in [5.41, 5.74) is 10.8. The maximum Gasteiger partial charge on any atom is 0.193 e. The van der Waals surface area contributed by atoms with E-state index in [9.17, 15) is 0 Å². The lowest BCUT2D eigenvalue weighted by atomic mass is 10.2. The van der Waals surface area contributed by atoms with Gasteiger partial charge in [-0.15, -0.1) is 0 Å². The standard InChI is InChI=1S/C6H9ClN2O/c7-6-2-1-5(10-6)4(9)3-8/h1-2,4H,3,8-9H2/t4-/m0/s1. The highest BCUT2D eigenvalue weighted by molar-refractivity contribution is 6.28. The first-order valence-electron chi connectivity index (χ1n) is 2.95. The number of rotatable bonds is 2. The Labute approximate surface area is 63.9 Å². The van der Waals surface area contributed by atoms with Gasteiger partial charge in [0.1, 0.15) is 5.76 Å². The van der Waals surface area contributed by atoms with E-state index >= 15 is 0 Å². The van der Waals surface area contributed by atoms with Gasteiger partial charge in [-0.3, -0.25) is 0 Å². The van der Waals surface area contributed by atoms with E-state index in [1.54, 1.807) is 12.1 Å². The zero-order valence-electron chi connectivity index (χ0n) is 5.38. The molecule has 4 N–H and O–H groups in total. The second-order valence-electron chi connectivity index (χ2n) is 1.98. The molecule has 0 aliphatic heterocycles. The summed E-state index contributed by atoms with van der Waals surface area (Å²) in [6, 6.07) is 3.12. The van der Waals surface area contributed by atoms with Gasteiger partial charge in [0, 0.05) is 6.54 Å². The summed E-state index contributed by atoms with van der Waals surface area (Å²) in [5.74, 6) is 0.632. The van der Waals surface area contributed by atoms with Gasteiger partial charge in [-0.2, -0.15) is 0 Å². The predicted molar refractivity (Wildman–Crippen MR) is 39.7 cm³/mol. The summed E-state index contributed by atoms with van der Waals surface area (Å²) >= 11 is 5.50. The van der Waals surface area contributed by atoms with Crippen molar-refractivity contribution in [3.63, 3.8) is 0 Å². The zero-order valence-corrected chi connectivity index (χ0v) is 6.14. The van der Waals surface area contributed by atoms with Crippen LogP contribution in [0.4, 0.5) is 0 Å². The van der Waals surface area contributed by atoms with E-state index in [1.807, 2.05) is 0 Å². The second-order valence-corrected chi connectivity index (χ2v) is 2.36. The van der Waals surface area contributed by atoms with Gasteiger partial charge in [0.2, 0.25) is 0 Å². The van der Waals surface area contributed by atoms with Crippen LogP contribution in [0.2, 0.25) is 5.22 Å². The number of nitrogens with two attached hydrogens (primary N) is 2. The normalized spacial score (nSPS) is 13.5. The largest absolute Gasteiger partial charge is 0.448 e. The minimum absolute atomic E-state index is 0.243. The maximum absolute atomic E-state index is 5.53. The quantitative estimate of drug-likeness (QED) is 0.676. The van der Waals surface area contributed by atoms with Crippen LogP contribution in [-0.4, -0.2) is 6.54 Å². The molecule has 0 aliphatic carbocycles. The molecule has 10 heavy (non-hydrogen) atoms. The third-order valence-corrected chi connectivity index (χ3v) is 1.42. The molecule has 0 saturated heterocycles. The van der Waals surface area contributed by atoms with Crippen LogP contribution >= 0.6 is 11.6 Å². The maximum atomic E-state index is 5.53. The molecule has 0 unspecified atom stereocenters. The van der Waals surface area contributed by atoms with Gasteiger partial charge < -0.3 is 15.9 Å². The van der Waals surface area contributed by atoms with Gasteiger partial charge in [-0.05, 0) is 23.7 Å². The summed E-state index contributed by atoms with van der Waals surface area (Å²) in [5, 5.41) is 0.346. The van der Waals surface area contributed by atoms with E-state index in [-0.39, 0.29) is 6.04 Å². The average molecular weight is 161 g/mol. The summed E-state index contributed by atoms with van der Waals surface area (Å²) in [7, 11) is 0. The molecule has 0 aromatic carbocycles. The second kappa shape index (κ2) is 3.05. The van der Waals surface area contributed by atoms with Crippen molar-refractivity contribution in [2.24, 2.45) is 11.5 Å². The number of hydrogen-bond acceptors (Lipinski definition) is 3.